The number of thioether (sulfide) groups is 1. The summed E-state index contributed by atoms with van der Waals surface area (Å²) in [5, 5.41) is 11.8. The van der Waals surface area contributed by atoms with Crippen molar-refractivity contribution in [3.05, 3.63) is 22.4 Å². The van der Waals surface area contributed by atoms with E-state index >= 15 is 0 Å². The number of hydrogen-bond donors (Lipinski definition) is 1. The van der Waals surface area contributed by atoms with Gasteiger partial charge < -0.3 is 9.73 Å². The highest BCUT2D eigenvalue weighted by Gasteiger charge is 2.17. The van der Waals surface area contributed by atoms with Gasteiger partial charge in [0.2, 0.25) is 5.89 Å². The van der Waals surface area contributed by atoms with Gasteiger partial charge in [-0.2, -0.15) is 11.8 Å². The molecule has 0 radical (unpaired) electrons. The van der Waals surface area contributed by atoms with E-state index in [-0.39, 0.29) is 0 Å². The molecule has 2 aromatic heterocycles. The van der Waals surface area contributed by atoms with Crippen molar-refractivity contribution >= 4 is 23.1 Å². The zero-order valence-corrected chi connectivity index (χ0v) is 14.1. The third-order valence-corrected chi connectivity index (χ3v) is 5.66. The van der Waals surface area contributed by atoms with Crippen LogP contribution in [0.3, 0.4) is 0 Å². The number of fused-ring (bicyclic) bond motifs is 1. The average molecular weight is 323 g/mol. The van der Waals surface area contributed by atoms with Crippen LogP contribution in [0.25, 0.3) is 10.8 Å². The second kappa shape index (κ2) is 6.94. The molecular formula is C15H21N3OS2. The van der Waals surface area contributed by atoms with Crippen LogP contribution < -0.4 is 5.32 Å². The van der Waals surface area contributed by atoms with Gasteiger partial charge in [-0.1, -0.05) is 13.8 Å². The summed E-state index contributed by atoms with van der Waals surface area (Å²) in [6.07, 6.45) is 3.04. The Morgan fingerprint density at radius 3 is 3.10 bits per heavy atom. The Labute approximate surface area is 133 Å². The molecule has 2 aromatic rings. The van der Waals surface area contributed by atoms with Crippen LogP contribution in [0.5, 0.6) is 0 Å². The molecule has 0 unspecified atom stereocenters. The van der Waals surface area contributed by atoms with Gasteiger partial charge in [-0.05, 0) is 36.8 Å². The topological polar surface area (TPSA) is 51.0 Å². The highest BCUT2D eigenvalue weighted by atomic mass is 32.2. The summed E-state index contributed by atoms with van der Waals surface area (Å²) < 4.78 is 5.81. The van der Waals surface area contributed by atoms with Crippen molar-refractivity contribution < 1.29 is 4.42 Å². The van der Waals surface area contributed by atoms with Crippen LogP contribution in [0.15, 0.2) is 10.5 Å². The van der Waals surface area contributed by atoms with Crippen LogP contribution in [0, 0.1) is 0 Å². The van der Waals surface area contributed by atoms with Gasteiger partial charge in [0.1, 0.15) is 0 Å². The number of aromatic nitrogens is 2. The molecular weight excluding hydrogens is 302 g/mol. The van der Waals surface area contributed by atoms with Crippen molar-refractivity contribution in [3.8, 4) is 10.8 Å². The number of nitrogens with one attached hydrogen (secondary N) is 1. The van der Waals surface area contributed by atoms with Crippen LogP contribution >= 0.6 is 23.1 Å². The summed E-state index contributed by atoms with van der Waals surface area (Å²) in [4.78, 5) is 2.62. The molecule has 0 fully saturated rings. The number of hydrogen-bond acceptors (Lipinski definition) is 6. The van der Waals surface area contributed by atoms with E-state index in [0.29, 0.717) is 11.9 Å². The number of thiophene rings is 1. The fourth-order valence-corrected chi connectivity index (χ4v) is 4.63. The van der Waals surface area contributed by atoms with E-state index in [4.69, 9.17) is 4.42 Å². The maximum absolute atomic E-state index is 5.81. The van der Waals surface area contributed by atoms with Crippen molar-refractivity contribution in [1.29, 1.82) is 0 Å². The van der Waals surface area contributed by atoms with Gasteiger partial charge in [-0.3, -0.25) is 0 Å². The minimum Gasteiger partial charge on any atom is -0.420 e. The van der Waals surface area contributed by atoms with Crippen molar-refractivity contribution in [1.82, 2.24) is 15.5 Å². The Balaban J connectivity index is 1.60. The maximum atomic E-state index is 5.81. The molecule has 1 N–H and O–H groups in total. The van der Waals surface area contributed by atoms with Crippen molar-refractivity contribution in [2.24, 2.45) is 0 Å². The van der Waals surface area contributed by atoms with Crippen LogP contribution in [-0.4, -0.2) is 28.5 Å². The number of nitrogens with zero attached hydrogens (tertiary/aromatic N) is 2. The molecule has 0 aromatic carbocycles. The predicted octanol–water partition coefficient (Wildman–Crippen LogP) is 3.52. The highest BCUT2D eigenvalue weighted by Crippen LogP contribution is 2.36. The Morgan fingerprint density at radius 1 is 1.38 bits per heavy atom. The third-order valence-electron chi connectivity index (χ3n) is 3.43. The Morgan fingerprint density at radius 2 is 2.29 bits per heavy atom. The molecule has 1 aliphatic rings. The van der Waals surface area contributed by atoms with Crippen LogP contribution in [0.4, 0.5) is 0 Å². The summed E-state index contributed by atoms with van der Waals surface area (Å²) in [6.45, 7) is 5.29. The fourth-order valence-electron chi connectivity index (χ4n) is 2.34. The Bertz CT molecular complexity index is 568. The molecule has 6 heteroatoms. The maximum Gasteiger partial charge on any atom is 0.257 e. The molecule has 21 heavy (non-hydrogen) atoms. The lowest BCUT2D eigenvalue weighted by Gasteiger charge is -2.08. The van der Waals surface area contributed by atoms with Gasteiger partial charge >= 0.3 is 0 Å². The second-order valence-corrected chi connectivity index (χ2v) is 7.82. The number of aryl methyl sites for hydroxylation is 2. The van der Waals surface area contributed by atoms with E-state index in [1.807, 2.05) is 23.1 Å². The molecule has 0 amide bonds. The van der Waals surface area contributed by atoms with Gasteiger partial charge in [0, 0.05) is 23.1 Å². The van der Waals surface area contributed by atoms with E-state index in [9.17, 15) is 0 Å². The average Bonchev–Trinajstić information content (AvgIpc) is 3.09. The van der Waals surface area contributed by atoms with E-state index < -0.39 is 0 Å². The minimum atomic E-state index is 0.526. The van der Waals surface area contributed by atoms with Gasteiger partial charge in [-0.15, -0.1) is 21.5 Å². The largest absolute Gasteiger partial charge is 0.420 e. The fraction of sp³-hybridized carbons (Fsp3) is 0.600. The summed E-state index contributed by atoms with van der Waals surface area (Å²) in [5.74, 6) is 3.78. The first-order valence-electron chi connectivity index (χ1n) is 7.48. The molecule has 3 heterocycles. The van der Waals surface area contributed by atoms with E-state index in [0.717, 1.165) is 35.9 Å². The third kappa shape index (κ3) is 3.87. The molecule has 0 aliphatic carbocycles. The molecule has 1 aliphatic heterocycles. The van der Waals surface area contributed by atoms with Crippen molar-refractivity contribution in [2.45, 2.75) is 44.9 Å². The second-order valence-electron chi connectivity index (χ2n) is 5.57. The quantitative estimate of drug-likeness (QED) is 0.824. The van der Waals surface area contributed by atoms with Crippen LogP contribution in [-0.2, 0) is 18.6 Å². The lowest BCUT2D eigenvalue weighted by atomic mass is 10.2. The molecule has 0 spiro atoms. The molecule has 114 valence electrons. The first-order chi connectivity index (χ1) is 10.2. The van der Waals surface area contributed by atoms with Gasteiger partial charge in [0.15, 0.2) is 0 Å². The molecule has 3 rings (SSSR count). The van der Waals surface area contributed by atoms with Gasteiger partial charge in [0.25, 0.3) is 5.89 Å². The van der Waals surface area contributed by atoms with Gasteiger partial charge in [-0.25, -0.2) is 0 Å². The normalized spacial score (nSPS) is 14.6. The first kappa shape index (κ1) is 15.1. The summed E-state index contributed by atoms with van der Waals surface area (Å²) in [6, 6.07) is 2.75. The summed E-state index contributed by atoms with van der Waals surface area (Å²) in [7, 11) is 0. The SMILES string of the molecule is CC(C)NCCCc1nnc(-c2cc3c(s2)CCSC3)o1. The summed E-state index contributed by atoms with van der Waals surface area (Å²) in [5.41, 5.74) is 1.45. The Kier molecular flexibility index (Phi) is 4.98. The molecule has 0 saturated heterocycles. The predicted molar refractivity (Wildman–Crippen MR) is 88.9 cm³/mol. The van der Waals surface area contributed by atoms with Crippen LogP contribution in [0.1, 0.15) is 36.6 Å². The zero-order chi connectivity index (χ0) is 14.7. The summed E-state index contributed by atoms with van der Waals surface area (Å²) >= 11 is 3.81. The highest BCUT2D eigenvalue weighted by molar-refractivity contribution is 7.98. The lowest BCUT2D eigenvalue weighted by molar-refractivity contribution is 0.484. The molecule has 0 bridgehead atoms. The van der Waals surface area contributed by atoms with E-state index in [2.05, 4.69) is 35.4 Å². The molecule has 0 atom stereocenters. The van der Waals surface area contributed by atoms with Crippen LogP contribution in [0.2, 0.25) is 0 Å². The van der Waals surface area contributed by atoms with Crippen molar-refractivity contribution in [3.63, 3.8) is 0 Å². The molecule has 0 saturated carbocycles. The molecule has 4 nitrogen and oxygen atoms in total. The standard InChI is InChI=1S/C15H21N3OS2/c1-10(2)16-6-3-4-14-17-18-15(19-14)13-8-11-9-20-7-5-12(11)21-13/h8,10,16H,3-7,9H2,1-2H3. The van der Waals surface area contributed by atoms with E-state index in [1.165, 1.54) is 22.6 Å². The number of rotatable bonds is 6. The van der Waals surface area contributed by atoms with E-state index in [1.54, 1.807) is 0 Å². The van der Waals surface area contributed by atoms with Gasteiger partial charge in [0.05, 0.1) is 4.88 Å². The minimum absolute atomic E-state index is 0.526. The first-order valence-corrected chi connectivity index (χ1v) is 9.45. The zero-order valence-electron chi connectivity index (χ0n) is 12.5. The van der Waals surface area contributed by atoms with Crippen molar-refractivity contribution in [2.75, 3.05) is 12.3 Å². The monoisotopic (exact) mass is 323 g/mol. The Hall–Kier alpha value is -0.850. The smallest absolute Gasteiger partial charge is 0.257 e. The lowest BCUT2D eigenvalue weighted by Crippen LogP contribution is -2.23.